The standard InChI is InChI=1S/C9H11BrF2N2O/c10-8-3-1-2-7(14-8)4-13-5-9(11,12)6-15/h1-3,13,15H,4-6H2. The number of alkyl halides is 2. The van der Waals surface area contributed by atoms with Crippen molar-refractivity contribution in [1.29, 1.82) is 0 Å². The minimum atomic E-state index is -3.08. The van der Waals surface area contributed by atoms with Gasteiger partial charge in [-0.25, -0.2) is 13.8 Å². The molecule has 0 spiro atoms. The van der Waals surface area contributed by atoms with Crippen LogP contribution in [0.1, 0.15) is 5.69 Å². The highest BCUT2D eigenvalue weighted by Gasteiger charge is 2.26. The van der Waals surface area contributed by atoms with Gasteiger partial charge in [-0.3, -0.25) is 0 Å². The van der Waals surface area contributed by atoms with Crippen LogP contribution in [0.4, 0.5) is 8.78 Å². The summed E-state index contributed by atoms with van der Waals surface area (Å²) in [7, 11) is 0. The maximum absolute atomic E-state index is 12.6. The molecule has 0 aliphatic heterocycles. The molecule has 0 aliphatic rings. The lowest BCUT2D eigenvalue weighted by Gasteiger charge is -2.13. The van der Waals surface area contributed by atoms with Gasteiger partial charge in [-0.1, -0.05) is 6.07 Å². The number of nitrogens with one attached hydrogen (secondary N) is 1. The van der Waals surface area contributed by atoms with Crippen molar-refractivity contribution >= 4 is 15.9 Å². The van der Waals surface area contributed by atoms with Crippen LogP contribution < -0.4 is 5.32 Å². The molecule has 6 heteroatoms. The van der Waals surface area contributed by atoms with Gasteiger partial charge < -0.3 is 10.4 Å². The zero-order chi connectivity index (χ0) is 11.3. The molecule has 0 aliphatic carbocycles. The van der Waals surface area contributed by atoms with Gasteiger partial charge in [-0.05, 0) is 28.1 Å². The molecule has 1 aromatic heterocycles. The summed E-state index contributed by atoms with van der Waals surface area (Å²) in [5.74, 6) is -3.08. The van der Waals surface area contributed by atoms with Gasteiger partial charge in [0.25, 0.3) is 5.92 Å². The van der Waals surface area contributed by atoms with Crippen LogP contribution in [0.15, 0.2) is 22.8 Å². The molecule has 15 heavy (non-hydrogen) atoms. The van der Waals surface area contributed by atoms with E-state index in [9.17, 15) is 8.78 Å². The highest BCUT2D eigenvalue weighted by molar-refractivity contribution is 9.10. The van der Waals surface area contributed by atoms with E-state index in [2.05, 4.69) is 26.2 Å². The summed E-state index contributed by atoms with van der Waals surface area (Å²) in [5.41, 5.74) is 0.665. The van der Waals surface area contributed by atoms with Gasteiger partial charge in [0.2, 0.25) is 0 Å². The number of nitrogens with zero attached hydrogens (tertiary/aromatic N) is 1. The van der Waals surface area contributed by atoms with Crippen LogP contribution in [0.3, 0.4) is 0 Å². The van der Waals surface area contributed by atoms with Gasteiger partial charge in [0.15, 0.2) is 0 Å². The second-order valence-electron chi connectivity index (χ2n) is 3.07. The Labute approximate surface area is 94.7 Å². The minimum Gasteiger partial charge on any atom is -0.390 e. The fourth-order valence-corrected chi connectivity index (χ4v) is 1.36. The Bertz CT molecular complexity index is 323. The summed E-state index contributed by atoms with van der Waals surface area (Å²) < 4.78 is 25.8. The number of aliphatic hydroxyl groups is 1. The molecule has 1 rings (SSSR count). The SMILES string of the molecule is OCC(F)(F)CNCc1cccc(Br)n1. The molecule has 84 valence electrons. The number of pyridine rings is 1. The van der Waals surface area contributed by atoms with E-state index >= 15 is 0 Å². The van der Waals surface area contributed by atoms with Crippen LogP contribution in [0.5, 0.6) is 0 Å². The molecule has 2 N–H and O–H groups in total. The monoisotopic (exact) mass is 280 g/mol. The van der Waals surface area contributed by atoms with Crippen molar-refractivity contribution < 1.29 is 13.9 Å². The molecular weight excluding hydrogens is 270 g/mol. The Balaban J connectivity index is 2.38. The van der Waals surface area contributed by atoms with Crippen molar-refractivity contribution in [3.63, 3.8) is 0 Å². The maximum Gasteiger partial charge on any atom is 0.282 e. The van der Waals surface area contributed by atoms with Crippen LogP contribution in [-0.2, 0) is 6.54 Å². The molecule has 1 heterocycles. The first-order valence-corrected chi connectivity index (χ1v) is 5.14. The molecular formula is C9H11BrF2N2O. The van der Waals surface area contributed by atoms with Crippen molar-refractivity contribution in [3.05, 3.63) is 28.5 Å². The molecule has 0 amide bonds. The van der Waals surface area contributed by atoms with Gasteiger partial charge in [0.05, 0.1) is 12.2 Å². The molecule has 0 saturated heterocycles. The van der Waals surface area contributed by atoms with Crippen molar-refractivity contribution in [2.75, 3.05) is 13.2 Å². The third-order valence-corrected chi connectivity index (χ3v) is 2.14. The largest absolute Gasteiger partial charge is 0.390 e. The first-order chi connectivity index (χ1) is 7.03. The molecule has 0 bridgehead atoms. The van der Waals surface area contributed by atoms with E-state index in [4.69, 9.17) is 5.11 Å². The van der Waals surface area contributed by atoms with Crippen LogP contribution >= 0.6 is 15.9 Å². The van der Waals surface area contributed by atoms with Crippen molar-refractivity contribution in [3.8, 4) is 0 Å². The zero-order valence-corrected chi connectivity index (χ0v) is 9.47. The van der Waals surface area contributed by atoms with E-state index in [1.165, 1.54) is 0 Å². The first kappa shape index (κ1) is 12.5. The summed E-state index contributed by atoms with van der Waals surface area (Å²) in [6.07, 6.45) is 0. The predicted octanol–water partition coefficient (Wildman–Crippen LogP) is 1.56. The summed E-state index contributed by atoms with van der Waals surface area (Å²) >= 11 is 3.18. The second-order valence-corrected chi connectivity index (χ2v) is 3.88. The fraction of sp³-hybridized carbons (Fsp3) is 0.444. The number of hydrogen-bond acceptors (Lipinski definition) is 3. The van der Waals surface area contributed by atoms with E-state index < -0.39 is 19.1 Å². The Kier molecular flexibility index (Phi) is 4.56. The van der Waals surface area contributed by atoms with Crippen molar-refractivity contribution in [2.24, 2.45) is 0 Å². The lowest BCUT2D eigenvalue weighted by Crippen LogP contribution is -2.35. The number of hydrogen-bond donors (Lipinski definition) is 2. The Morgan fingerprint density at radius 3 is 2.80 bits per heavy atom. The fourth-order valence-electron chi connectivity index (χ4n) is 0.978. The molecule has 0 fully saturated rings. The van der Waals surface area contributed by atoms with Gasteiger partial charge >= 0.3 is 0 Å². The van der Waals surface area contributed by atoms with E-state index in [-0.39, 0.29) is 6.54 Å². The number of halogens is 3. The van der Waals surface area contributed by atoms with E-state index in [1.807, 2.05) is 0 Å². The van der Waals surface area contributed by atoms with E-state index in [0.717, 1.165) is 0 Å². The molecule has 0 atom stereocenters. The molecule has 0 radical (unpaired) electrons. The van der Waals surface area contributed by atoms with Crippen LogP contribution in [0.2, 0.25) is 0 Å². The Hall–Kier alpha value is -0.590. The number of aliphatic hydroxyl groups excluding tert-OH is 1. The summed E-state index contributed by atoms with van der Waals surface area (Å²) in [4.78, 5) is 4.07. The number of aromatic nitrogens is 1. The normalized spacial score (nSPS) is 11.7. The molecule has 0 saturated carbocycles. The second kappa shape index (κ2) is 5.48. The third kappa shape index (κ3) is 4.63. The highest BCUT2D eigenvalue weighted by Crippen LogP contribution is 2.10. The molecule has 0 aromatic carbocycles. The van der Waals surface area contributed by atoms with Crippen LogP contribution in [-0.4, -0.2) is 29.2 Å². The first-order valence-electron chi connectivity index (χ1n) is 4.34. The predicted molar refractivity (Wildman–Crippen MR) is 55.7 cm³/mol. The van der Waals surface area contributed by atoms with Crippen molar-refractivity contribution in [2.45, 2.75) is 12.5 Å². The molecule has 0 unspecified atom stereocenters. The van der Waals surface area contributed by atoms with Gasteiger partial charge in [0, 0.05) is 6.54 Å². The quantitative estimate of drug-likeness (QED) is 0.805. The highest BCUT2D eigenvalue weighted by atomic mass is 79.9. The van der Waals surface area contributed by atoms with Crippen LogP contribution in [0.25, 0.3) is 0 Å². The van der Waals surface area contributed by atoms with Gasteiger partial charge in [-0.2, -0.15) is 0 Å². The summed E-state index contributed by atoms with van der Waals surface area (Å²) in [5, 5.41) is 10.8. The molecule has 1 aromatic rings. The minimum absolute atomic E-state index is 0.245. The average molecular weight is 281 g/mol. The third-order valence-electron chi connectivity index (χ3n) is 1.69. The Morgan fingerprint density at radius 1 is 1.47 bits per heavy atom. The maximum atomic E-state index is 12.6. The average Bonchev–Trinajstić information content (AvgIpc) is 2.18. The lowest BCUT2D eigenvalue weighted by atomic mass is 10.3. The smallest absolute Gasteiger partial charge is 0.282 e. The van der Waals surface area contributed by atoms with E-state index in [0.29, 0.717) is 10.3 Å². The zero-order valence-electron chi connectivity index (χ0n) is 7.88. The Morgan fingerprint density at radius 2 is 2.20 bits per heavy atom. The topological polar surface area (TPSA) is 45.1 Å². The van der Waals surface area contributed by atoms with E-state index in [1.54, 1.807) is 18.2 Å². The lowest BCUT2D eigenvalue weighted by molar-refractivity contribution is -0.0478. The summed E-state index contributed by atoms with van der Waals surface area (Å²) in [6, 6.07) is 5.26. The van der Waals surface area contributed by atoms with Gasteiger partial charge in [-0.15, -0.1) is 0 Å². The number of rotatable bonds is 5. The summed E-state index contributed by atoms with van der Waals surface area (Å²) in [6.45, 7) is -1.46. The molecule has 3 nitrogen and oxygen atoms in total. The van der Waals surface area contributed by atoms with Gasteiger partial charge in [0.1, 0.15) is 11.2 Å². The van der Waals surface area contributed by atoms with Crippen molar-refractivity contribution in [1.82, 2.24) is 10.3 Å². The van der Waals surface area contributed by atoms with Crippen LogP contribution in [0, 0.1) is 0 Å².